The molecule has 0 aliphatic rings. The minimum atomic E-state index is 0. The van der Waals surface area contributed by atoms with Crippen LogP contribution in [0.5, 0.6) is 5.75 Å². The second-order valence-corrected chi connectivity index (χ2v) is 3.77. The van der Waals surface area contributed by atoms with Crippen molar-refractivity contribution in [2.75, 3.05) is 30.9 Å². The summed E-state index contributed by atoms with van der Waals surface area (Å²) in [4.78, 5) is 8.33. The zero-order valence-corrected chi connectivity index (χ0v) is 11.9. The molecule has 2 rings (SSSR count). The Morgan fingerprint density at radius 2 is 1.95 bits per heavy atom. The number of methoxy groups -OCH3 is 1. The van der Waals surface area contributed by atoms with Gasteiger partial charge in [0.15, 0.2) is 0 Å². The van der Waals surface area contributed by atoms with Crippen molar-refractivity contribution in [2.45, 2.75) is 0 Å². The van der Waals surface area contributed by atoms with Gasteiger partial charge in [-0.3, -0.25) is 0 Å². The first kappa shape index (κ1) is 16.0. The van der Waals surface area contributed by atoms with Gasteiger partial charge in [0.2, 0.25) is 5.95 Å². The van der Waals surface area contributed by atoms with Gasteiger partial charge in [-0.05, 0) is 30.3 Å². The Morgan fingerprint density at radius 3 is 2.60 bits per heavy atom. The Balaban J connectivity index is 0.00000200. The van der Waals surface area contributed by atoms with Crippen LogP contribution in [0.15, 0.2) is 36.5 Å². The van der Waals surface area contributed by atoms with E-state index in [1.54, 1.807) is 19.4 Å². The first-order valence-corrected chi connectivity index (χ1v) is 5.90. The molecule has 0 atom stereocenters. The molecule has 0 aliphatic heterocycles. The fourth-order valence-electron chi connectivity index (χ4n) is 1.50. The maximum Gasteiger partial charge on any atom is 0.224 e. The number of hydrogen-bond acceptors (Lipinski definition) is 6. The van der Waals surface area contributed by atoms with Crippen LogP contribution in [0.25, 0.3) is 0 Å². The van der Waals surface area contributed by atoms with E-state index in [4.69, 9.17) is 9.84 Å². The van der Waals surface area contributed by atoms with Crippen molar-refractivity contribution >= 4 is 29.9 Å². The lowest BCUT2D eigenvalue weighted by Gasteiger charge is -2.08. The normalized spacial score (nSPS) is 9.50. The van der Waals surface area contributed by atoms with Crippen LogP contribution in [0, 0.1) is 0 Å². The molecule has 0 saturated heterocycles. The number of nitrogens with one attached hydrogen (secondary N) is 2. The first-order valence-electron chi connectivity index (χ1n) is 5.90. The smallest absolute Gasteiger partial charge is 0.224 e. The van der Waals surface area contributed by atoms with Gasteiger partial charge in [-0.1, -0.05) is 0 Å². The Morgan fingerprint density at radius 1 is 1.20 bits per heavy atom. The van der Waals surface area contributed by atoms with Gasteiger partial charge in [0.25, 0.3) is 0 Å². The largest absolute Gasteiger partial charge is 0.497 e. The highest BCUT2D eigenvalue weighted by Gasteiger charge is 1.99. The van der Waals surface area contributed by atoms with E-state index >= 15 is 0 Å². The molecule has 0 aliphatic carbocycles. The van der Waals surface area contributed by atoms with Crippen molar-refractivity contribution in [3.05, 3.63) is 36.5 Å². The lowest BCUT2D eigenvalue weighted by molar-refractivity contribution is 0.311. The van der Waals surface area contributed by atoms with Crippen molar-refractivity contribution < 1.29 is 9.84 Å². The molecule has 7 heteroatoms. The van der Waals surface area contributed by atoms with Gasteiger partial charge in [-0.15, -0.1) is 12.4 Å². The van der Waals surface area contributed by atoms with E-state index in [0.29, 0.717) is 18.3 Å². The number of anilines is 3. The first-order chi connectivity index (χ1) is 9.31. The number of nitrogens with zero attached hydrogens (tertiary/aromatic N) is 2. The van der Waals surface area contributed by atoms with Gasteiger partial charge in [-0.2, -0.15) is 4.98 Å². The summed E-state index contributed by atoms with van der Waals surface area (Å²) in [5.41, 5.74) is 0.910. The second-order valence-electron chi connectivity index (χ2n) is 3.77. The third-order valence-electron chi connectivity index (χ3n) is 2.41. The second kappa shape index (κ2) is 8.19. The van der Waals surface area contributed by atoms with Crippen molar-refractivity contribution in [3.63, 3.8) is 0 Å². The van der Waals surface area contributed by atoms with E-state index in [0.717, 1.165) is 11.4 Å². The fraction of sp³-hybridized carbons (Fsp3) is 0.231. The third-order valence-corrected chi connectivity index (χ3v) is 2.41. The lowest BCUT2D eigenvalue weighted by atomic mass is 10.3. The molecule has 0 radical (unpaired) electrons. The molecule has 6 nitrogen and oxygen atoms in total. The van der Waals surface area contributed by atoms with Crippen molar-refractivity contribution in [1.29, 1.82) is 0 Å². The van der Waals surface area contributed by atoms with E-state index in [1.807, 2.05) is 24.3 Å². The van der Waals surface area contributed by atoms with Gasteiger partial charge >= 0.3 is 0 Å². The molecule has 0 saturated carbocycles. The predicted octanol–water partition coefficient (Wildman–Crippen LogP) is 2.05. The Hall–Kier alpha value is -2.05. The number of rotatable bonds is 6. The number of aliphatic hydroxyl groups excluding tert-OH is 1. The fourth-order valence-corrected chi connectivity index (χ4v) is 1.50. The van der Waals surface area contributed by atoms with Gasteiger partial charge < -0.3 is 20.5 Å². The summed E-state index contributed by atoms with van der Waals surface area (Å²) in [6.07, 6.45) is 1.65. The number of benzene rings is 1. The van der Waals surface area contributed by atoms with Crippen LogP contribution in [0.3, 0.4) is 0 Å². The van der Waals surface area contributed by atoms with Crippen LogP contribution in [-0.4, -0.2) is 35.3 Å². The van der Waals surface area contributed by atoms with E-state index in [1.165, 1.54) is 0 Å². The summed E-state index contributed by atoms with van der Waals surface area (Å²) in [7, 11) is 1.63. The van der Waals surface area contributed by atoms with Gasteiger partial charge in [0, 0.05) is 18.4 Å². The zero-order valence-electron chi connectivity index (χ0n) is 11.0. The van der Waals surface area contributed by atoms with E-state index < -0.39 is 0 Å². The molecule has 20 heavy (non-hydrogen) atoms. The Labute approximate surface area is 123 Å². The lowest BCUT2D eigenvalue weighted by Crippen LogP contribution is -2.09. The highest BCUT2D eigenvalue weighted by Crippen LogP contribution is 2.18. The number of aromatic nitrogens is 2. The number of hydrogen-bond donors (Lipinski definition) is 3. The number of halogens is 1. The minimum absolute atomic E-state index is 0. The van der Waals surface area contributed by atoms with Crippen LogP contribution >= 0.6 is 12.4 Å². The number of ether oxygens (including phenoxy) is 1. The van der Waals surface area contributed by atoms with Crippen LogP contribution in [-0.2, 0) is 0 Å². The van der Waals surface area contributed by atoms with E-state index in [9.17, 15) is 0 Å². The van der Waals surface area contributed by atoms with Gasteiger partial charge in [-0.25, -0.2) is 4.98 Å². The predicted molar refractivity (Wildman–Crippen MR) is 81.1 cm³/mol. The summed E-state index contributed by atoms with van der Waals surface area (Å²) < 4.78 is 5.10. The summed E-state index contributed by atoms with van der Waals surface area (Å²) in [6.45, 7) is 0.464. The molecule has 1 aromatic carbocycles. The quantitative estimate of drug-likeness (QED) is 0.757. The van der Waals surface area contributed by atoms with Crippen molar-refractivity contribution in [2.24, 2.45) is 0 Å². The molecule has 0 unspecified atom stereocenters. The molecule has 0 amide bonds. The summed E-state index contributed by atoms with van der Waals surface area (Å²) in [5, 5.41) is 14.8. The van der Waals surface area contributed by atoms with Crippen molar-refractivity contribution in [1.82, 2.24) is 9.97 Å². The average Bonchev–Trinajstić information content (AvgIpc) is 2.46. The Kier molecular flexibility index (Phi) is 6.55. The molecule has 3 N–H and O–H groups in total. The van der Waals surface area contributed by atoms with Crippen LogP contribution in [0.2, 0.25) is 0 Å². The number of aliphatic hydroxyl groups is 1. The third kappa shape index (κ3) is 4.56. The average molecular weight is 297 g/mol. The standard InChI is InChI=1S/C13H16N4O2.ClH/c1-19-11-4-2-10(3-5-11)16-12-6-7-14-13(17-12)15-8-9-18;/h2-7,18H,8-9H2,1H3,(H2,14,15,16,17);1H. The molecular formula is C13H17ClN4O2. The summed E-state index contributed by atoms with van der Waals surface area (Å²) in [6, 6.07) is 9.32. The Bertz CT molecular complexity index is 522. The maximum absolute atomic E-state index is 8.74. The van der Waals surface area contributed by atoms with Crippen LogP contribution in [0.1, 0.15) is 0 Å². The SMILES string of the molecule is COc1ccc(Nc2ccnc(NCCO)n2)cc1.Cl. The van der Waals surface area contributed by atoms with Gasteiger partial charge in [0.05, 0.1) is 13.7 Å². The zero-order chi connectivity index (χ0) is 13.5. The molecule has 2 aromatic rings. The maximum atomic E-state index is 8.74. The minimum Gasteiger partial charge on any atom is -0.497 e. The van der Waals surface area contributed by atoms with E-state index in [-0.39, 0.29) is 19.0 Å². The van der Waals surface area contributed by atoms with Crippen LogP contribution < -0.4 is 15.4 Å². The van der Waals surface area contributed by atoms with Crippen molar-refractivity contribution in [3.8, 4) is 5.75 Å². The summed E-state index contributed by atoms with van der Waals surface area (Å²) >= 11 is 0. The highest BCUT2D eigenvalue weighted by molar-refractivity contribution is 5.85. The van der Waals surface area contributed by atoms with E-state index in [2.05, 4.69) is 20.6 Å². The molecule has 1 heterocycles. The highest BCUT2D eigenvalue weighted by atomic mass is 35.5. The van der Waals surface area contributed by atoms with Crippen LogP contribution in [0.4, 0.5) is 17.5 Å². The molecule has 108 valence electrons. The van der Waals surface area contributed by atoms with Gasteiger partial charge in [0.1, 0.15) is 11.6 Å². The summed E-state index contributed by atoms with van der Waals surface area (Å²) in [5.74, 6) is 1.96. The molecule has 0 fully saturated rings. The molecule has 0 bridgehead atoms. The molecule has 0 spiro atoms. The molecule has 1 aromatic heterocycles. The monoisotopic (exact) mass is 296 g/mol. The topological polar surface area (TPSA) is 79.3 Å². The molecular weight excluding hydrogens is 280 g/mol.